The molecule has 2 aromatic heterocycles. The van der Waals surface area contributed by atoms with Crippen LogP contribution in [0.25, 0.3) is 11.0 Å². The maximum absolute atomic E-state index is 5.58. The lowest BCUT2D eigenvalue weighted by atomic mass is 10.2. The number of benzene rings is 1. The summed E-state index contributed by atoms with van der Waals surface area (Å²) < 4.78 is 7.73. The van der Waals surface area contributed by atoms with Crippen molar-refractivity contribution < 1.29 is 4.42 Å². The van der Waals surface area contributed by atoms with Crippen LogP contribution in [0.3, 0.4) is 0 Å². The van der Waals surface area contributed by atoms with Gasteiger partial charge in [0.05, 0.1) is 36.7 Å². The molecule has 0 aliphatic carbocycles. The number of hydrogen-bond acceptors (Lipinski definition) is 3. The van der Waals surface area contributed by atoms with Gasteiger partial charge in [0, 0.05) is 11.6 Å². The Hall–Kier alpha value is -2.07. The number of aromatic nitrogens is 2. The van der Waals surface area contributed by atoms with Gasteiger partial charge in [0.2, 0.25) is 0 Å². The molecule has 4 heteroatoms. The van der Waals surface area contributed by atoms with Gasteiger partial charge in [-0.1, -0.05) is 26.0 Å². The van der Waals surface area contributed by atoms with E-state index in [9.17, 15) is 0 Å². The lowest BCUT2D eigenvalue weighted by molar-refractivity contribution is 0.459. The molecule has 0 unspecified atom stereocenters. The highest BCUT2D eigenvalue weighted by molar-refractivity contribution is 5.75. The molecule has 0 saturated heterocycles. The summed E-state index contributed by atoms with van der Waals surface area (Å²) in [5, 5.41) is 3.39. The van der Waals surface area contributed by atoms with Crippen LogP contribution in [0.1, 0.15) is 25.2 Å². The molecule has 0 spiro atoms. The predicted molar refractivity (Wildman–Crippen MR) is 79.5 cm³/mol. The van der Waals surface area contributed by atoms with Crippen LogP contribution in [-0.2, 0) is 13.1 Å². The fraction of sp³-hybridized carbons (Fsp3) is 0.312. The monoisotopic (exact) mass is 269 g/mol. The fourth-order valence-electron chi connectivity index (χ4n) is 2.28. The summed E-state index contributed by atoms with van der Waals surface area (Å²) in [6.07, 6.45) is 3.64. The Balaban J connectivity index is 1.83. The topological polar surface area (TPSA) is 43.0 Å². The van der Waals surface area contributed by atoms with Gasteiger partial charge in [-0.15, -0.1) is 0 Å². The maximum atomic E-state index is 5.58. The molecule has 20 heavy (non-hydrogen) atoms. The van der Waals surface area contributed by atoms with Gasteiger partial charge in [0.25, 0.3) is 0 Å². The number of rotatable bonds is 5. The summed E-state index contributed by atoms with van der Waals surface area (Å²) in [7, 11) is 0. The van der Waals surface area contributed by atoms with E-state index >= 15 is 0 Å². The van der Waals surface area contributed by atoms with Gasteiger partial charge in [-0.25, -0.2) is 4.98 Å². The highest BCUT2D eigenvalue weighted by Crippen LogP contribution is 2.17. The molecule has 0 fully saturated rings. The van der Waals surface area contributed by atoms with Crippen LogP contribution < -0.4 is 5.32 Å². The van der Waals surface area contributed by atoms with Gasteiger partial charge >= 0.3 is 0 Å². The van der Waals surface area contributed by atoms with Crippen molar-refractivity contribution in [1.29, 1.82) is 0 Å². The first-order valence-electron chi connectivity index (χ1n) is 6.92. The maximum Gasteiger partial charge on any atom is 0.122 e. The molecule has 1 aromatic carbocycles. The molecule has 0 bridgehead atoms. The molecule has 0 atom stereocenters. The summed E-state index contributed by atoms with van der Waals surface area (Å²) in [6, 6.07) is 10.7. The number of para-hydroxylation sites is 2. The second-order valence-electron chi connectivity index (χ2n) is 5.27. The highest BCUT2D eigenvalue weighted by atomic mass is 16.3. The first kappa shape index (κ1) is 12.9. The SMILES string of the molecule is CC(C)NCc1occc1Cn1cnc2ccccc21. The van der Waals surface area contributed by atoms with Crippen molar-refractivity contribution in [1.82, 2.24) is 14.9 Å². The van der Waals surface area contributed by atoms with Crippen LogP contribution in [0.15, 0.2) is 47.3 Å². The summed E-state index contributed by atoms with van der Waals surface area (Å²) in [5.74, 6) is 0.997. The van der Waals surface area contributed by atoms with E-state index in [1.807, 2.05) is 30.6 Å². The molecule has 4 nitrogen and oxygen atoms in total. The van der Waals surface area contributed by atoms with Gasteiger partial charge in [0.15, 0.2) is 0 Å². The average molecular weight is 269 g/mol. The third-order valence-corrected chi connectivity index (χ3v) is 3.38. The van der Waals surface area contributed by atoms with Crippen LogP contribution in [0.5, 0.6) is 0 Å². The molecular weight excluding hydrogens is 250 g/mol. The zero-order chi connectivity index (χ0) is 13.9. The zero-order valence-corrected chi connectivity index (χ0v) is 11.8. The second-order valence-corrected chi connectivity index (χ2v) is 5.27. The molecule has 3 rings (SSSR count). The van der Waals surface area contributed by atoms with Crippen molar-refractivity contribution in [3.05, 3.63) is 54.2 Å². The number of fused-ring (bicyclic) bond motifs is 1. The Morgan fingerprint density at radius 2 is 2.10 bits per heavy atom. The highest BCUT2D eigenvalue weighted by Gasteiger charge is 2.09. The molecule has 0 saturated carbocycles. The lowest BCUT2D eigenvalue weighted by Gasteiger charge is -2.08. The van der Waals surface area contributed by atoms with E-state index in [0.29, 0.717) is 6.04 Å². The Bertz CT molecular complexity index is 696. The number of furan rings is 1. The van der Waals surface area contributed by atoms with E-state index in [4.69, 9.17) is 4.42 Å². The molecule has 0 aliphatic rings. The quantitative estimate of drug-likeness (QED) is 0.773. The minimum absolute atomic E-state index is 0.446. The fourth-order valence-corrected chi connectivity index (χ4v) is 2.28. The van der Waals surface area contributed by atoms with Crippen LogP contribution in [-0.4, -0.2) is 15.6 Å². The molecule has 104 valence electrons. The van der Waals surface area contributed by atoms with Crippen molar-refractivity contribution in [3.63, 3.8) is 0 Å². The van der Waals surface area contributed by atoms with E-state index in [1.54, 1.807) is 6.26 Å². The summed E-state index contributed by atoms with van der Waals surface area (Å²) in [6.45, 7) is 5.80. The molecule has 0 amide bonds. The normalized spacial score (nSPS) is 11.6. The number of imidazole rings is 1. The third-order valence-electron chi connectivity index (χ3n) is 3.38. The molecule has 0 radical (unpaired) electrons. The summed E-state index contributed by atoms with van der Waals surface area (Å²) >= 11 is 0. The van der Waals surface area contributed by atoms with Crippen molar-refractivity contribution in [2.45, 2.75) is 33.0 Å². The molecule has 3 aromatic rings. The average Bonchev–Trinajstić information content (AvgIpc) is 3.05. The summed E-state index contributed by atoms with van der Waals surface area (Å²) in [4.78, 5) is 4.42. The van der Waals surface area contributed by atoms with Crippen molar-refractivity contribution in [3.8, 4) is 0 Å². The smallest absolute Gasteiger partial charge is 0.122 e. The van der Waals surface area contributed by atoms with E-state index < -0.39 is 0 Å². The first-order chi connectivity index (χ1) is 9.74. The summed E-state index contributed by atoms with van der Waals surface area (Å²) in [5.41, 5.74) is 3.37. The minimum atomic E-state index is 0.446. The van der Waals surface area contributed by atoms with Crippen LogP contribution >= 0.6 is 0 Å². The number of nitrogens with zero attached hydrogens (tertiary/aromatic N) is 2. The van der Waals surface area contributed by atoms with E-state index in [-0.39, 0.29) is 0 Å². The predicted octanol–water partition coefficient (Wildman–Crippen LogP) is 3.18. The standard InChI is InChI=1S/C16H19N3O/c1-12(2)17-9-16-13(7-8-20-16)10-19-11-18-14-5-3-4-6-15(14)19/h3-8,11-12,17H,9-10H2,1-2H3. The van der Waals surface area contributed by atoms with Gasteiger partial charge in [-0.3, -0.25) is 0 Å². The second kappa shape index (κ2) is 5.51. The van der Waals surface area contributed by atoms with E-state index in [1.165, 1.54) is 5.56 Å². The van der Waals surface area contributed by atoms with Gasteiger partial charge in [-0.2, -0.15) is 0 Å². The molecule has 1 N–H and O–H groups in total. The lowest BCUT2D eigenvalue weighted by Crippen LogP contribution is -2.22. The van der Waals surface area contributed by atoms with Crippen LogP contribution in [0.2, 0.25) is 0 Å². The van der Waals surface area contributed by atoms with Crippen LogP contribution in [0.4, 0.5) is 0 Å². The molecular formula is C16H19N3O. The van der Waals surface area contributed by atoms with E-state index in [2.05, 4.69) is 34.8 Å². The van der Waals surface area contributed by atoms with Gasteiger partial charge in [0.1, 0.15) is 5.76 Å². The zero-order valence-electron chi connectivity index (χ0n) is 11.8. The van der Waals surface area contributed by atoms with Gasteiger partial charge in [-0.05, 0) is 18.2 Å². The number of nitrogens with one attached hydrogen (secondary N) is 1. The van der Waals surface area contributed by atoms with Gasteiger partial charge < -0.3 is 14.3 Å². The Morgan fingerprint density at radius 1 is 1.25 bits per heavy atom. The Kier molecular flexibility index (Phi) is 3.56. The largest absolute Gasteiger partial charge is 0.468 e. The Morgan fingerprint density at radius 3 is 2.95 bits per heavy atom. The van der Waals surface area contributed by atoms with Crippen molar-refractivity contribution >= 4 is 11.0 Å². The number of hydrogen-bond donors (Lipinski definition) is 1. The minimum Gasteiger partial charge on any atom is -0.468 e. The molecule has 2 heterocycles. The Labute approximate surface area is 118 Å². The first-order valence-corrected chi connectivity index (χ1v) is 6.92. The van der Waals surface area contributed by atoms with Crippen molar-refractivity contribution in [2.24, 2.45) is 0 Å². The van der Waals surface area contributed by atoms with Crippen molar-refractivity contribution in [2.75, 3.05) is 0 Å². The molecule has 0 aliphatic heterocycles. The van der Waals surface area contributed by atoms with Crippen LogP contribution in [0, 0.1) is 0 Å². The van der Waals surface area contributed by atoms with E-state index in [0.717, 1.165) is 29.9 Å². The third kappa shape index (κ3) is 2.60.